The van der Waals surface area contributed by atoms with Crippen molar-refractivity contribution in [3.8, 4) is 0 Å². The zero-order chi connectivity index (χ0) is 14.2. The lowest BCUT2D eigenvalue weighted by Gasteiger charge is -2.33. The highest BCUT2D eigenvalue weighted by molar-refractivity contribution is 6.25. The molecule has 2 heteroatoms. The summed E-state index contributed by atoms with van der Waals surface area (Å²) in [5.74, 6) is 0.574. The van der Waals surface area contributed by atoms with Gasteiger partial charge in [0.1, 0.15) is 0 Å². The topological polar surface area (TPSA) is 34.1 Å². The van der Waals surface area contributed by atoms with Gasteiger partial charge < -0.3 is 0 Å². The van der Waals surface area contributed by atoms with Gasteiger partial charge in [0.25, 0.3) is 0 Å². The summed E-state index contributed by atoms with van der Waals surface area (Å²) in [6, 6.07) is 0. The van der Waals surface area contributed by atoms with E-state index < -0.39 is 0 Å². The zero-order valence-electron chi connectivity index (χ0n) is 12.6. The van der Waals surface area contributed by atoms with Gasteiger partial charge in [0.2, 0.25) is 0 Å². The van der Waals surface area contributed by atoms with Crippen molar-refractivity contribution in [2.24, 2.45) is 11.3 Å². The van der Waals surface area contributed by atoms with E-state index in [0.717, 1.165) is 6.42 Å². The van der Waals surface area contributed by atoms with Gasteiger partial charge in [-0.3, -0.25) is 9.59 Å². The number of carbonyl (C=O) groups excluding carboxylic acids is 2. The Labute approximate surface area is 110 Å². The van der Waals surface area contributed by atoms with Gasteiger partial charge in [0.05, 0.1) is 0 Å². The molecule has 0 aromatic heterocycles. The molecular weight excluding hydrogens is 224 g/mol. The SMILES string of the molecule is CC1=C(C)C(=O)C(C(C)(C)CC(C)C)=C(C)C1=O. The van der Waals surface area contributed by atoms with Crippen LogP contribution in [0, 0.1) is 11.3 Å². The molecule has 100 valence electrons. The van der Waals surface area contributed by atoms with Crippen LogP contribution in [-0.2, 0) is 9.59 Å². The predicted molar refractivity (Wildman–Crippen MR) is 74.3 cm³/mol. The van der Waals surface area contributed by atoms with Gasteiger partial charge in [-0.25, -0.2) is 0 Å². The summed E-state index contributed by atoms with van der Waals surface area (Å²) in [5, 5.41) is 0. The molecule has 0 aromatic carbocycles. The van der Waals surface area contributed by atoms with E-state index in [1.165, 1.54) is 0 Å². The summed E-state index contributed by atoms with van der Waals surface area (Å²) in [6.07, 6.45) is 0.908. The maximum atomic E-state index is 12.5. The molecule has 0 fully saturated rings. The smallest absolute Gasteiger partial charge is 0.186 e. The van der Waals surface area contributed by atoms with E-state index in [1.54, 1.807) is 20.8 Å². The fourth-order valence-electron chi connectivity index (χ4n) is 3.03. The highest BCUT2D eigenvalue weighted by Crippen LogP contribution is 2.40. The van der Waals surface area contributed by atoms with Crippen molar-refractivity contribution in [1.82, 2.24) is 0 Å². The first-order valence-corrected chi connectivity index (χ1v) is 6.57. The molecule has 0 N–H and O–H groups in total. The van der Waals surface area contributed by atoms with Crippen molar-refractivity contribution < 1.29 is 9.59 Å². The molecule has 0 radical (unpaired) electrons. The minimum Gasteiger partial charge on any atom is -0.289 e. The third-order valence-electron chi connectivity index (χ3n) is 3.78. The van der Waals surface area contributed by atoms with E-state index >= 15 is 0 Å². The molecule has 0 bridgehead atoms. The largest absolute Gasteiger partial charge is 0.289 e. The van der Waals surface area contributed by atoms with E-state index in [0.29, 0.717) is 28.2 Å². The Morgan fingerprint density at radius 2 is 1.33 bits per heavy atom. The number of hydrogen-bond donors (Lipinski definition) is 0. The first-order chi connectivity index (χ1) is 8.09. The second-order valence-electron chi connectivity index (χ2n) is 6.39. The van der Waals surface area contributed by atoms with Crippen LogP contribution in [0.4, 0.5) is 0 Å². The summed E-state index contributed by atoms with van der Waals surface area (Å²) in [4.78, 5) is 24.6. The predicted octanol–water partition coefficient (Wildman–Crippen LogP) is 3.86. The van der Waals surface area contributed by atoms with Crippen molar-refractivity contribution in [3.63, 3.8) is 0 Å². The number of ketones is 2. The van der Waals surface area contributed by atoms with Crippen LogP contribution in [0.5, 0.6) is 0 Å². The molecule has 1 aliphatic rings. The van der Waals surface area contributed by atoms with Gasteiger partial charge >= 0.3 is 0 Å². The summed E-state index contributed by atoms with van der Waals surface area (Å²) >= 11 is 0. The molecule has 0 amide bonds. The minimum absolute atomic E-state index is 0.0268. The lowest BCUT2D eigenvalue weighted by Crippen LogP contribution is -2.31. The number of rotatable bonds is 3. The molecular formula is C16H24O2. The van der Waals surface area contributed by atoms with Gasteiger partial charge in [-0.1, -0.05) is 27.7 Å². The average Bonchev–Trinajstić information content (AvgIpc) is 2.21. The van der Waals surface area contributed by atoms with Crippen LogP contribution >= 0.6 is 0 Å². The first-order valence-electron chi connectivity index (χ1n) is 6.57. The lowest BCUT2D eigenvalue weighted by atomic mass is 9.69. The Hall–Kier alpha value is -1.18. The van der Waals surface area contributed by atoms with E-state index in [-0.39, 0.29) is 17.0 Å². The van der Waals surface area contributed by atoms with Crippen molar-refractivity contribution in [1.29, 1.82) is 0 Å². The normalized spacial score (nSPS) is 18.2. The minimum atomic E-state index is -0.243. The molecule has 0 spiro atoms. The van der Waals surface area contributed by atoms with Crippen molar-refractivity contribution in [3.05, 3.63) is 22.3 Å². The molecule has 0 saturated carbocycles. The summed E-state index contributed by atoms with van der Waals surface area (Å²) in [7, 11) is 0. The molecule has 0 unspecified atom stereocenters. The van der Waals surface area contributed by atoms with Crippen molar-refractivity contribution >= 4 is 11.6 Å². The van der Waals surface area contributed by atoms with Crippen LogP contribution in [0.3, 0.4) is 0 Å². The number of carbonyl (C=O) groups is 2. The summed E-state index contributed by atoms with van der Waals surface area (Å²) in [6.45, 7) is 13.7. The van der Waals surface area contributed by atoms with Gasteiger partial charge in [-0.2, -0.15) is 0 Å². The number of allylic oxidation sites excluding steroid dienone is 4. The van der Waals surface area contributed by atoms with E-state index in [4.69, 9.17) is 0 Å². The second kappa shape index (κ2) is 4.83. The monoisotopic (exact) mass is 248 g/mol. The Bertz CT molecular complexity index is 459. The Morgan fingerprint density at radius 3 is 1.78 bits per heavy atom. The lowest BCUT2D eigenvalue weighted by molar-refractivity contribution is -0.117. The Balaban J connectivity index is 3.32. The molecule has 18 heavy (non-hydrogen) atoms. The molecule has 0 aromatic rings. The molecule has 0 saturated heterocycles. The van der Waals surface area contributed by atoms with Crippen LogP contribution in [-0.4, -0.2) is 11.6 Å². The van der Waals surface area contributed by atoms with Crippen LogP contribution in [0.15, 0.2) is 22.3 Å². The number of Topliss-reactive ketones (excluding diaryl/α,β-unsaturated/α-hetero) is 2. The highest BCUT2D eigenvalue weighted by Gasteiger charge is 2.37. The van der Waals surface area contributed by atoms with Crippen molar-refractivity contribution in [2.45, 2.75) is 54.9 Å². The van der Waals surface area contributed by atoms with Crippen LogP contribution in [0.25, 0.3) is 0 Å². The fraction of sp³-hybridized carbons (Fsp3) is 0.625. The van der Waals surface area contributed by atoms with E-state index in [9.17, 15) is 9.59 Å². The Kier molecular flexibility index (Phi) is 3.99. The fourth-order valence-corrected chi connectivity index (χ4v) is 3.03. The molecule has 1 rings (SSSR count). The molecule has 0 aliphatic heterocycles. The molecule has 0 heterocycles. The summed E-state index contributed by atoms with van der Waals surface area (Å²) < 4.78 is 0. The summed E-state index contributed by atoms with van der Waals surface area (Å²) in [5.41, 5.74) is 2.31. The second-order valence-corrected chi connectivity index (χ2v) is 6.39. The van der Waals surface area contributed by atoms with Gasteiger partial charge in [-0.15, -0.1) is 0 Å². The molecule has 0 atom stereocenters. The standard InChI is InChI=1S/C16H24O2/c1-9(2)8-16(6,7)13-12(5)14(17)10(3)11(4)15(13)18/h9H,8H2,1-7H3. The van der Waals surface area contributed by atoms with Gasteiger partial charge in [0.15, 0.2) is 11.6 Å². The first kappa shape index (κ1) is 14.9. The Morgan fingerprint density at radius 1 is 0.889 bits per heavy atom. The zero-order valence-corrected chi connectivity index (χ0v) is 12.6. The van der Waals surface area contributed by atoms with E-state index in [1.807, 2.05) is 0 Å². The van der Waals surface area contributed by atoms with Crippen LogP contribution in [0.1, 0.15) is 54.9 Å². The third kappa shape index (κ3) is 2.47. The maximum Gasteiger partial charge on any atom is 0.186 e. The molecule has 1 aliphatic carbocycles. The molecule has 2 nitrogen and oxygen atoms in total. The van der Waals surface area contributed by atoms with Crippen molar-refractivity contribution in [2.75, 3.05) is 0 Å². The third-order valence-corrected chi connectivity index (χ3v) is 3.78. The number of hydrogen-bond acceptors (Lipinski definition) is 2. The van der Waals surface area contributed by atoms with Crippen LogP contribution < -0.4 is 0 Å². The highest BCUT2D eigenvalue weighted by atomic mass is 16.1. The van der Waals surface area contributed by atoms with Gasteiger partial charge in [0, 0.05) is 22.3 Å². The average molecular weight is 248 g/mol. The van der Waals surface area contributed by atoms with Crippen LogP contribution in [0.2, 0.25) is 0 Å². The quantitative estimate of drug-likeness (QED) is 0.711. The van der Waals surface area contributed by atoms with Gasteiger partial charge in [-0.05, 0) is 38.5 Å². The maximum absolute atomic E-state index is 12.5. The van der Waals surface area contributed by atoms with E-state index in [2.05, 4.69) is 27.7 Å².